The van der Waals surface area contributed by atoms with Crippen LogP contribution in [0.25, 0.3) is 6.08 Å². The molecular formula is C15H17F3N2O2. The molecule has 0 aromatic heterocycles. The summed E-state index contributed by atoms with van der Waals surface area (Å²) in [5.74, 6) is -2.21. The third-order valence-corrected chi connectivity index (χ3v) is 2.91. The minimum atomic E-state index is -4.93. The molecule has 0 aliphatic rings. The number of halogens is 3. The van der Waals surface area contributed by atoms with Crippen LogP contribution in [0.4, 0.5) is 18.9 Å². The molecule has 0 heterocycles. The first-order valence-electron chi connectivity index (χ1n) is 6.41. The molecule has 1 aromatic rings. The summed E-state index contributed by atoms with van der Waals surface area (Å²) in [6.45, 7) is 3.17. The van der Waals surface area contributed by atoms with Gasteiger partial charge in [0.05, 0.1) is 0 Å². The van der Waals surface area contributed by atoms with Gasteiger partial charge >= 0.3 is 12.1 Å². The van der Waals surface area contributed by atoms with Crippen molar-refractivity contribution in [2.24, 2.45) is 0 Å². The number of rotatable bonds is 3. The van der Waals surface area contributed by atoms with Crippen molar-refractivity contribution in [1.29, 1.82) is 0 Å². The van der Waals surface area contributed by atoms with Gasteiger partial charge < -0.3 is 10.2 Å². The Morgan fingerprint density at radius 1 is 1.14 bits per heavy atom. The van der Waals surface area contributed by atoms with Crippen LogP contribution in [0.3, 0.4) is 0 Å². The zero-order valence-electron chi connectivity index (χ0n) is 12.7. The molecule has 2 amide bonds. The van der Waals surface area contributed by atoms with Crippen molar-refractivity contribution in [3.05, 3.63) is 34.9 Å². The summed E-state index contributed by atoms with van der Waals surface area (Å²) in [7, 11) is 3.22. The predicted octanol–water partition coefficient (Wildman–Crippen LogP) is 2.91. The molecule has 0 saturated heterocycles. The van der Waals surface area contributed by atoms with E-state index in [-0.39, 0.29) is 11.6 Å². The van der Waals surface area contributed by atoms with Gasteiger partial charge in [-0.3, -0.25) is 9.59 Å². The number of alkyl halides is 3. The van der Waals surface area contributed by atoms with E-state index in [9.17, 15) is 22.8 Å². The van der Waals surface area contributed by atoms with Gasteiger partial charge in [-0.15, -0.1) is 0 Å². The maximum Gasteiger partial charge on any atom is 0.471 e. The molecule has 1 rings (SSSR count). The van der Waals surface area contributed by atoms with E-state index in [0.717, 1.165) is 0 Å². The van der Waals surface area contributed by atoms with Crippen LogP contribution in [0.2, 0.25) is 0 Å². The van der Waals surface area contributed by atoms with Gasteiger partial charge in [0.2, 0.25) is 5.91 Å². The first kappa shape index (κ1) is 17.7. The van der Waals surface area contributed by atoms with E-state index in [1.54, 1.807) is 46.2 Å². The van der Waals surface area contributed by atoms with Crippen LogP contribution >= 0.6 is 0 Å². The number of carbonyl (C=O) groups excluding carboxylic acids is 2. The Bertz CT molecular complexity index is 597. The quantitative estimate of drug-likeness (QED) is 0.872. The van der Waals surface area contributed by atoms with Crippen LogP contribution in [0, 0.1) is 13.8 Å². The lowest BCUT2D eigenvalue weighted by Gasteiger charge is -2.14. The summed E-state index contributed by atoms with van der Waals surface area (Å²) in [5, 5.41) is 1.87. The summed E-state index contributed by atoms with van der Waals surface area (Å²) < 4.78 is 36.9. The normalized spacial score (nSPS) is 11.6. The summed E-state index contributed by atoms with van der Waals surface area (Å²) >= 11 is 0. The predicted molar refractivity (Wildman–Crippen MR) is 78.3 cm³/mol. The van der Waals surface area contributed by atoms with Crippen LogP contribution in [0.5, 0.6) is 0 Å². The minimum Gasteiger partial charge on any atom is -0.345 e. The number of nitrogens with one attached hydrogen (secondary N) is 1. The highest BCUT2D eigenvalue weighted by Gasteiger charge is 2.39. The molecule has 120 valence electrons. The van der Waals surface area contributed by atoms with Crippen molar-refractivity contribution < 1.29 is 22.8 Å². The van der Waals surface area contributed by atoms with Crippen molar-refractivity contribution in [3.63, 3.8) is 0 Å². The summed E-state index contributed by atoms with van der Waals surface area (Å²) in [5.41, 5.74) is 1.75. The van der Waals surface area contributed by atoms with Crippen LogP contribution in [-0.4, -0.2) is 37.0 Å². The van der Waals surface area contributed by atoms with E-state index in [1.807, 2.05) is 5.32 Å². The molecule has 7 heteroatoms. The molecule has 1 N–H and O–H groups in total. The third kappa shape index (κ3) is 4.61. The number of hydrogen-bond donors (Lipinski definition) is 1. The fourth-order valence-corrected chi connectivity index (χ4v) is 1.79. The molecule has 4 nitrogen and oxygen atoms in total. The lowest BCUT2D eigenvalue weighted by Crippen LogP contribution is -2.30. The number of likely N-dealkylation sites (N-methyl/N-ethyl adjacent to an activating group) is 1. The molecule has 0 unspecified atom stereocenters. The molecular weight excluding hydrogens is 297 g/mol. The van der Waals surface area contributed by atoms with Gasteiger partial charge in [0.25, 0.3) is 0 Å². The summed E-state index contributed by atoms with van der Waals surface area (Å²) in [6, 6.07) is 3.19. The molecule has 0 saturated carbocycles. The van der Waals surface area contributed by atoms with E-state index < -0.39 is 12.1 Å². The second-order valence-electron chi connectivity index (χ2n) is 5.05. The van der Waals surface area contributed by atoms with Gasteiger partial charge in [0.15, 0.2) is 0 Å². The Morgan fingerprint density at radius 3 is 2.05 bits per heavy atom. The monoisotopic (exact) mass is 314 g/mol. The molecule has 22 heavy (non-hydrogen) atoms. The zero-order chi connectivity index (χ0) is 17.1. The van der Waals surface area contributed by atoms with Gasteiger partial charge in [-0.1, -0.05) is 0 Å². The Morgan fingerprint density at radius 2 is 1.64 bits per heavy atom. The molecule has 0 bridgehead atoms. The standard InChI is InChI=1S/C15H17F3N2O2/c1-9-7-11(5-6-12(21)20(3)4)8-10(2)13(9)19-14(22)15(16,17)18/h5-8H,1-4H3,(H,19,22)/b6-5+. The molecule has 0 fully saturated rings. The van der Waals surface area contributed by atoms with E-state index >= 15 is 0 Å². The number of benzene rings is 1. The van der Waals surface area contributed by atoms with Gasteiger partial charge in [0.1, 0.15) is 0 Å². The lowest BCUT2D eigenvalue weighted by molar-refractivity contribution is -0.167. The highest BCUT2D eigenvalue weighted by Crippen LogP contribution is 2.25. The second kappa shape index (κ2) is 6.64. The summed E-state index contributed by atoms with van der Waals surface area (Å²) in [4.78, 5) is 23.9. The Kier molecular flexibility index (Phi) is 5.35. The molecule has 0 aliphatic heterocycles. The average Bonchev–Trinajstić information content (AvgIpc) is 2.38. The highest BCUT2D eigenvalue weighted by atomic mass is 19.4. The van der Waals surface area contributed by atoms with Gasteiger partial charge in [-0.25, -0.2) is 0 Å². The van der Waals surface area contributed by atoms with E-state index in [4.69, 9.17) is 0 Å². The van der Waals surface area contributed by atoms with Gasteiger partial charge in [-0.2, -0.15) is 13.2 Å². The van der Waals surface area contributed by atoms with Crippen LogP contribution < -0.4 is 5.32 Å². The number of carbonyl (C=O) groups is 2. The topological polar surface area (TPSA) is 49.4 Å². The minimum absolute atomic E-state index is 0.124. The van der Waals surface area contributed by atoms with E-state index in [2.05, 4.69) is 0 Å². The smallest absolute Gasteiger partial charge is 0.345 e. The number of anilines is 1. The Labute approximate surface area is 126 Å². The van der Waals surface area contributed by atoms with Crippen molar-refractivity contribution >= 4 is 23.6 Å². The lowest BCUT2D eigenvalue weighted by atomic mass is 10.0. The molecule has 0 spiro atoms. The molecule has 0 atom stereocenters. The fourth-order valence-electron chi connectivity index (χ4n) is 1.79. The number of aryl methyl sites for hydroxylation is 2. The molecule has 1 aromatic carbocycles. The van der Waals surface area contributed by atoms with Crippen LogP contribution in [0.15, 0.2) is 18.2 Å². The Balaban J connectivity index is 3.03. The first-order chi connectivity index (χ1) is 10.0. The molecule has 0 radical (unpaired) electrons. The van der Waals surface area contributed by atoms with Crippen LogP contribution in [0.1, 0.15) is 16.7 Å². The fraction of sp³-hybridized carbons (Fsp3) is 0.333. The number of amides is 2. The Hall–Kier alpha value is -2.31. The first-order valence-corrected chi connectivity index (χ1v) is 6.41. The number of nitrogens with zero attached hydrogens (tertiary/aromatic N) is 1. The second-order valence-corrected chi connectivity index (χ2v) is 5.05. The van der Waals surface area contributed by atoms with E-state index in [1.165, 1.54) is 11.0 Å². The van der Waals surface area contributed by atoms with Crippen LogP contribution in [-0.2, 0) is 9.59 Å². The highest BCUT2D eigenvalue weighted by molar-refractivity contribution is 5.96. The maximum absolute atomic E-state index is 12.3. The maximum atomic E-state index is 12.3. The van der Waals surface area contributed by atoms with E-state index in [0.29, 0.717) is 16.7 Å². The van der Waals surface area contributed by atoms with Crippen molar-refractivity contribution in [3.8, 4) is 0 Å². The van der Waals surface area contributed by atoms with Crippen molar-refractivity contribution in [2.45, 2.75) is 20.0 Å². The zero-order valence-corrected chi connectivity index (χ0v) is 12.7. The van der Waals surface area contributed by atoms with Gasteiger partial charge in [-0.05, 0) is 48.7 Å². The third-order valence-electron chi connectivity index (χ3n) is 2.91. The van der Waals surface area contributed by atoms with Crippen molar-refractivity contribution in [2.75, 3.05) is 19.4 Å². The van der Waals surface area contributed by atoms with Gasteiger partial charge in [0, 0.05) is 25.9 Å². The SMILES string of the molecule is Cc1cc(/C=C/C(=O)N(C)C)cc(C)c1NC(=O)C(F)(F)F. The van der Waals surface area contributed by atoms with Crippen molar-refractivity contribution in [1.82, 2.24) is 4.90 Å². The molecule has 0 aliphatic carbocycles. The number of hydrogen-bond acceptors (Lipinski definition) is 2. The largest absolute Gasteiger partial charge is 0.471 e. The summed E-state index contributed by atoms with van der Waals surface area (Å²) in [6.07, 6.45) is -2.00. The average molecular weight is 314 g/mol.